The summed E-state index contributed by atoms with van der Waals surface area (Å²) in [4.78, 5) is 25.2. The molecule has 9 nitrogen and oxygen atoms in total. The Bertz CT molecular complexity index is 1230. The molecule has 2 aromatic rings. The largest absolute Gasteiger partial charge is 0.497 e. The summed E-state index contributed by atoms with van der Waals surface area (Å²) in [6, 6.07) is 17.4. The molecule has 0 bridgehead atoms. The maximum Gasteiger partial charge on any atom is 0.308 e. The first-order chi connectivity index (χ1) is 21.2. The molecule has 9 atom stereocenters. The van der Waals surface area contributed by atoms with Crippen molar-refractivity contribution in [3.63, 3.8) is 0 Å². The molecule has 3 saturated heterocycles. The highest BCUT2D eigenvalue weighted by atomic mass is 16.7. The Morgan fingerprint density at radius 3 is 2.18 bits per heavy atom. The van der Waals surface area contributed by atoms with Crippen LogP contribution in [-0.4, -0.2) is 62.5 Å². The van der Waals surface area contributed by atoms with Gasteiger partial charge in [0.1, 0.15) is 12.4 Å². The molecule has 2 aromatic carbocycles. The predicted octanol–water partition coefficient (Wildman–Crippen LogP) is 5.62. The van der Waals surface area contributed by atoms with Gasteiger partial charge in [-0.1, -0.05) is 63.2 Å². The van der Waals surface area contributed by atoms with Gasteiger partial charge in [-0.2, -0.15) is 0 Å². The zero-order valence-corrected chi connectivity index (χ0v) is 26.4. The summed E-state index contributed by atoms with van der Waals surface area (Å²) < 4.78 is 42.4. The first-order valence-corrected chi connectivity index (χ1v) is 15.7. The zero-order valence-electron chi connectivity index (χ0n) is 26.4. The molecule has 0 N–H and O–H groups in total. The van der Waals surface area contributed by atoms with Gasteiger partial charge in [0.15, 0.2) is 5.79 Å². The van der Waals surface area contributed by atoms with Crippen LogP contribution in [0.3, 0.4) is 0 Å². The van der Waals surface area contributed by atoms with Gasteiger partial charge in [-0.25, -0.2) is 0 Å². The lowest BCUT2D eigenvalue weighted by Crippen LogP contribution is -2.62. The summed E-state index contributed by atoms with van der Waals surface area (Å²) in [5, 5.41) is 0. The van der Waals surface area contributed by atoms with Crippen molar-refractivity contribution in [3.8, 4) is 5.75 Å². The Kier molecular flexibility index (Phi) is 10.6. The third kappa shape index (κ3) is 7.80. The van der Waals surface area contributed by atoms with Gasteiger partial charge in [0.25, 0.3) is 0 Å². The van der Waals surface area contributed by atoms with Crippen molar-refractivity contribution in [2.24, 2.45) is 17.8 Å². The fraction of sp³-hybridized carbons (Fsp3) is 0.600. The fourth-order valence-electron chi connectivity index (χ4n) is 7.00. The number of hydrogen-bond donors (Lipinski definition) is 0. The second-order valence-corrected chi connectivity index (χ2v) is 12.7. The number of methoxy groups -OCH3 is 2. The molecule has 0 aromatic heterocycles. The number of carbonyl (C=O) groups excluding carboxylic acids is 2. The molecule has 3 heterocycles. The summed E-state index contributed by atoms with van der Waals surface area (Å²) in [5.41, 5.74) is 1.93. The average Bonchev–Trinajstić information content (AvgIpc) is 3.01. The van der Waals surface area contributed by atoms with Gasteiger partial charge in [0, 0.05) is 12.8 Å². The molecule has 44 heavy (non-hydrogen) atoms. The summed E-state index contributed by atoms with van der Waals surface area (Å²) in [5.74, 6) is -0.423. The van der Waals surface area contributed by atoms with E-state index in [1.807, 2.05) is 54.6 Å². The Balaban J connectivity index is 1.30. The molecule has 0 aliphatic carbocycles. The van der Waals surface area contributed by atoms with Crippen LogP contribution in [0.2, 0.25) is 0 Å². The van der Waals surface area contributed by atoms with Crippen LogP contribution in [0.5, 0.6) is 5.75 Å². The van der Waals surface area contributed by atoms with Crippen LogP contribution in [0, 0.1) is 17.8 Å². The number of fused-ring (bicyclic) bond motifs is 1. The summed E-state index contributed by atoms with van der Waals surface area (Å²) in [7, 11) is 3.04. The van der Waals surface area contributed by atoms with Gasteiger partial charge in [-0.3, -0.25) is 9.59 Å². The van der Waals surface area contributed by atoms with Crippen LogP contribution >= 0.6 is 0 Å². The lowest BCUT2D eigenvalue weighted by Gasteiger charge is -2.56. The maximum atomic E-state index is 13.2. The highest BCUT2D eigenvalue weighted by Crippen LogP contribution is 2.48. The molecule has 1 unspecified atom stereocenters. The Morgan fingerprint density at radius 2 is 1.48 bits per heavy atom. The highest BCUT2D eigenvalue weighted by Gasteiger charge is 2.55. The van der Waals surface area contributed by atoms with Crippen molar-refractivity contribution in [2.75, 3.05) is 14.2 Å². The third-order valence-corrected chi connectivity index (χ3v) is 9.23. The van der Waals surface area contributed by atoms with E-state index in [1.54, 1.807) is 7.11 Å². The van der Waals surface area contributed by atoms with E-state index in [1.165, 1.54) is 7.11 Å². The molecule has 0 radical (unpaired) electrons. The topological polar surface area (TPSA) is 98.8 Å². The molecule has 3 aliphatic heterocycles. The van der Waals surface area contributed by atoms with E-state index in [-0.39, 0.29) is 73.6 Å². The summed E-state index contributed by atoms with van der Waals surface area (Å²) in [6.45, 7) is 6.94. The Hall–Kier alpha value is -2.98. The molecular weight excluding hydrogens is 564 g/mol. The molecule has 0 amide bonds. The normalized spacial score (nSPS) is 33.3. The predicted molar refractivity (Wildman–Crippen MR) is 162 cm³/mol. The molecule has 9 heteroatoms. The Labute approximate surface area is 260 Å². The van der Waals surface area contributed by atoms with Crippen LogP contribution < -0.4 is 4.74 Å². The van der Waals surface area contributed by atoms with E-state index in [0.29, 0.717) is 19.4 Å². The lowest BCUT2D eigenvalue weighted by molar-refractivity contribution is -0.375. The zero-order chi connectivity index (χ0) is 31.3. The minimum Gasteiger partial charge on any atom is -0.497 e. The van der Waals surface area contributed by atoms with Crippen molar-refractivity contribution in [1.29, 1.82) is 0 Å². The van der Waals surface area contributed by atoms with Crippen molar-refractivity contribution in [3.05, 3.63) is 65.7 Å². The van der Waals surface area contributed by atoms with E-state index in [4.69, 9.17) is 33.2 Å². The van der Waals surface area contributed by atoms with Gasteiger partial charge in [0.05, 0.1) is 64.2 Å². The standard InChI is InChI=1S/C35H46O9/c1-22-15-29-34(42-28(22)16-31(36)39-5)24(3)19-35(43-29)18-23(2)33(41-21-26-11-13-27(38-4)14-12-26)30(44-35)17-32(37)40-20-25-9-7-6-8-10-25/h6-14,22-24,28-30,33-34H,15-21H2,1-5H3/t22-,23+,24+,28?,29+,30+,33+,34+,35+/m1/s1. The molecule has 5 rings (SSSR count). The second-order valence-electron chi connectivity index (χ2n) is 12.7. The number of ether oxygens (including phenoxy) is 7. The molecule has 1 spiro atoms. The fourth-order valence-corrected chi connectivity index (χ4v) is 7.00. The van der Waals surface area contributed by atoms with Gasteiger partial charge < -0.3 is 33.2 Å². The summed E-state index contributed by atoms with van der Waals surface area (Å²) in [6.07, 6.45) is 0.824. The van der Waals surface area contributed by atoms with E-state index in [2.05, 4.69) is 20.8 Å². The van der Waals surface area contributed by atoms with Gasteiger partial charge in [-0.15, -0.1) is 0 Å². The smallest absolute Gasteiger partial charge is 0.308 e. The van der Waals surface area contributed by atoms with Crippen molar-refractivity contribution >= 4 is 11.9 Å². The average molecular weight is 611 g/mol. The van der Waals surface area contributed by atoms with Gasteiger partial charge in [0.2, 0.25) is 0 Å². The monoisotopic (exact) mass is 610 g/mol. The van der Waals surface area contributed by atoms with Crippen molar-refractivity contribution in [1.82, 2.24) is 0 Å². The quantitative estimate of drug-likeness (QED) is 0.318. The minimum absolute atomic E-state index is 0.0478. The van der Waals surface area contributed by atoms with Crippen molar-refractivity contribution < 1.29 is 42.7 Å². The number of hydrogen-bond acceptors (Lipinski definition) is 9. The van der Waals surface area contributed by atoms with Gasteiger partial charge in [-0.05, 0) is 47.4 Å². The number of carbonyl (C=O) groups is 2. The minimum atomic E-state index is -0.872. The van der Waals surface area contributed by atoms with E-state index >= 15 is 0 Å². The molecule has 3 fully saturated rings. The maximum absolute atomic E-state index is 13.2. The first-order valence-electron chi connectivity index (χ1n) is 15.7. The molecule has 0 saturated carbocycles. The molecular formula is C35H46O9. The van der Waals surface area contributed by atoms with Gasteiger partial charge >= 0.3 is 11.9 Å². The third-order valence-electron chi connectivity index (χ3n) is 9.23. The van der Waals surface area contributed by atoms with E-state index < -0.39 is 11.9 Å². The van der Waals surface area contributed by atoms with E-state index in [9.17, 15) is 9.59 Å². The molecule has 3 aliphatic rings. The Morgan fingerprint density at radius 1 is 0.795 bits per heavy atom. The van der Waals surface area contributed by atoms with Crippen LogP contribution in [0.25, 0.3) is 0 Å². The van der Waals surface area contributed by atoms with Crippen LogP contribution in [0.4, 0.5) is 0 Å². The van der Waals surface area contributed by atoms with E-state index in [0.717, 1.165) is 23.3 Å². The number of esters is 2. The first kappa shape index (κ1) is 32.4. The highest BCUT2D eigenvalue weighted by molar-refractivity contribution is 5.70. The second kappa shape index (κ2) is 14.4. The van der Waals surface area contributed by atoms with Crippen molar-refractivity contribution in [2.45, 2.75) is 102 Å². The van der Waals surface area contributed by atoms with Crippen LogP contribution in [0.1, 0.15) is 64.0 Å². The number of rotatable bonds is 10. The lowest BCUT2D eigenvalue weighted by atomic mass is 9.76. The SMILES string of the molecule is COC(=O)CC1O[C@@H]2[C@H](C[C@H]1C)O[C@]1(C[C@H](C)[C@H](OCc3ccc(OC)cc3)[C@H](CC(=O)OCc3ccccc3)O1)C[C@@H]2C. The molecule has 240 valence electrons. The van der Waals surface area contributed by atoms with Crippen LogP contribution in [-0.2, 0) is 51.2 Å². The summed E-state index contributed by atoms with van der Waals surface area (Å²) >= 11 is 0. The number of benzene rings is 2. The van der Waals surface area contributed by atoms with Crippen LogP contribution in [0.15, 0.2) is 54.6 Å².